The second kappa shape index (κ2) is 12.4. The number of aryl methyl sites for hydroxylation is 1. The van der Waals surface area contributed by atoms with Crippen molar-refractivity contribution in [3.05, 3.63) is 69.2 Å². The summed E-state index contributed by atoms with van der Waals surface area (Å²) in [5.41, 5.74) is 3.20. The van der Waals surface area contributed by atoms with Gasteiger partial charge in [-0.25, -0.2) is 0 Å². The largest absolute Gasteiger partial charge is 0.354 e. The van der Waals surface area contributed by atoms with E-state index >= 15 is 0 Å². The second-order valence-electron chi connectivity index (χ2n) is 8.06. The fourth-order valence-electron chi connectivity index (χ4n) is 2.89. The van der Waals surface area contributed by atoms with E-state index in [-0.39, 0.29) is 24.1 Å². The Morgan fingerprint density at radius 1 is 1.00 bits per heavy atom. The van der Waals surface area contributed by atoms with Crippen LogP contribution in [0.4, 0.5) is 0 Å². The maximum Gasteiger partial charge on any atom is 0.242 e. The normalized spacial score (nSPS) is 12.0. The van der Waals surface area contributed by atoms with E-state index in [2.05, 4.69) is 29.6 Å². The predicted molar refractivity (Wildman–Crippen MR) is 132 cm³/mol. The van der Waals surface area contributed by atoms with E-state index < -0.39 is 6.04 Å². The highest BCUT2D eigenvalue weighted by Gasteiger charge is 2.26. The third kappa shape index (κ3) is 8.40. The molecular weight excluding hydrogens is 451 g/mol. The Balaban J connectivity index is 2.08. The van der Waals surface area contributed by atoms with Gasteiger partial charge in [0.15, 0.2) is 0 Å². The van der Waals surface area contributed by atoms with E-state index in [1.807, 2.05) is 26.8 Å². The molecule has 168 valence electrons. The first-order chi connectivity index (χ1) is 14.7. The summed E-state index contributed by atoms with van der Waals surface area (Å²) in [7, 11) is 0. The van der Waals surface area contributed by atoms with Crippen molar-refractivity contribution in [1.29, 1.82) is 0 Å². The van der Waals surface area contributed by atoms with Crippen LogP contribution in [0.5, 0.6) is 0 Å². The molecule has 2 aromatic rings. The molecule has 0 aliphatic rings. The molecule has 0 spiro atoms. The van der Waals surface area contributed by atoms with Crippen molar-refractivity contribution < 1.29 is 9.59 Å². The molecule has 7 heteroatoms. The molecule has 1 atom stereocenters. The summed E-state index contributed by atoms with van der Waals surface area (Å²) in [5.74, 6) is 1.11. The summed E-state index contributed by atoms with van der Waals surface area (Å²) in [5, 5.41) is 3.81. The first-order valence-corrected chi connectivity index (χ1v) is 12.2. The van der Waals surface area contributed by atoms with E-state index in [1.54, 1.807) is 35.7 Å². The predicted octanol–water partition coefficient (Wildman–Crippen LogP) is 5.72. The Bertz CT molecular complexity index is 888. The molecule has 1 N–H and O–H groups in total. The molecule has 0 aliphatic carbocycles. The summed E-state index contributed by atoms with van der Waals surface area (Å²) >= 11 is 13.7. The first-order valence-electron chi connectivity index (χ1n) is 10.3. The molecule has 31 heavy (non-hydrogen) atoms. The zero-order valence-corrected chi connectivity index (χ0v) is 20.8. The summed E-state index contributed by atoms with van der Waals surface area (Å²) in [6.45, 7) is 8.73. The Morgan fingerprint density at radius 3 is 2.26 bits per heavy atom. The standard InChI is InChI=1S/C24H30Cl2N2O2S/c1-16(2)12-27-24(30)18(4)28(13-20-9-10-21(25)22(26)11-20)23(29)15-31-14-19-7-5-17(3)6-8-19/h5-11,16,18H,12-15H2,1-4H3,(H,27,30)/t18-/m0/s1. The summed E-state index contributed by atoms with van der Waals surface area (Å²) in [4.78, 5) is 27.4. The Kier molecular flexibility index (Phi) is 10.2. The van der Waals surface area contributed by atoms with Gasteiger partial charge in [0.1, 0.15) is 6.04 Å². The lowest BCUT2D eigenvalue weighted by atomic mass is 10.1. The van der Waals surface area contributed by atoms with Gasteiger partial charge in [-0.1, -0.05) is 72.9 Å². The summed E-state index contributed by atoms with van der Waals surface area (Å²) in [6, 6.07) is 12.9. The van der Waals surface area contributed by atoms with E-state index in [1.165, 1.54) is 11.1 Å². The van der Waals surface area contributed by atoms with Crippen molar-refractivity contribution in [2.45, 2.75) is 46.0 Å². The number of amides is 2. The van der Waals surface area contributed by atoms with Gasteiger partial charge in [0.05, 0.1) is 15.8 Å². The molecule has 0 fully saturated rings. The highest BCUT2D eigenvalue weighted by atomic mass is 35.5. The average molecular weight is 481 g/mol. The van der Waals surface area contributed by atoms with Crippen LogP contribution in [0.15, 0.2) is 42.5 Å². The van der Waals surface area contributed by atoms with Gasteiger partial charge in [-0.3, -0.25) is 9.59 Å². The van der Waals surface area contributed by atoms with Gasteiger partial charge in [-0.05, 0) is 43.0 Å². The van der Waals surface area contributed by atoms with Gasteiger partial charge in [-0.2, -0.15) is 0 Å². The minimum Gasteiger partial charge on any atom is -0.354 e. The fraction of sp³-hybridized carbons (Fsp3) is 0.417. The smallest absolute Gasteiger partial charge is 0.242 e. The Morgan fingerprint density at radius 2 is 1.65 bits per heavy atom. The molecule has 0 aliphatic heterocycles. The fourth-order valence-corrected chi connectivity index (χ4v) is 4.08. The van der Waals surface area contributed by atoms with Gasteiger partial charge < -0.3 is 10.2 Å². The number of nitrogens with one attached hydrogen (secondary N) is 1. The zero-order chi connectivity index (χ0) is 23.0. The van der Waals surface area contributed by atoms with E-state index in [9.17, 15) is 9.59 Å². The molecule has 4 nitrogen and oxygen atoms in total. The summed E-state index contributed by atoms with van der Waals surface area (Å²) in [6.07, 6.45) is 0. The van der Waals surface area contributed by atoms with Crippen LogP contribution in [-0.4, -0.2) is 35.1 Å². The molecule has 0 saturated carbocycles. The number of hydrogen-bond acceptors (Lipinski definition) is 3. The highest BCUT2D eigenvalue weighted by Crippen LogP contribution is 2.24. The molecule has 0 saturated heterocycles. The van der Waals surface area contributed by atoms with Crippen molar-refractivity contribution in [3.8, 4) is 0 Å². The molecule has 2 amide bonds. The lowest BCUT2D eigenvalue weighted by Gasteiger charge is -2.29. The summed E-state index contributed by atoms with van der Waals surface area (Å²) < 4.78 is 0. The van der Waals surface area contributed by atoms with Crippen LogP contribution in [-0.2, 0) is 21.9 Å². The van der Waals surface area contributed by atoms with Gasteiger partial charge in [0.2, 0.25) is 11.8 Å². The van der Waals surface area contributed by atoms with E-state index in [4.69, 9.17) is 23.2 Å². The number of rotatable bonds is 10. The maximum absolute atomic E-state index is 13.1. The molecule has 2 rings (SSSR count). The van der Waals surface area contributed by atoms with Crippen LogP contribution in [0.25, 0.3) is 0 Å². The minimum absolute atomic E-state index is 0.0876. The van der Waals surface area contributed by atoms with E-state index in [0.717, 1.165) is 11.3 Å². The van der Waals surface area contributed by atoms with E-state index in [0.29, 0.717) is 22.5 Å². The van der Waals surface area contributed by atoms with Gasteiger partial charge >= 0.3 is 0 Å². The maximum atomic E-state index is 13.1. The first kappa shape index (κ1) is 25.6. The quantitative estimate of drug-likeness (QED) is 0.472. The molecule has 0 bridgehead atoms. The van der Waals surface area contributed by atoms with Gasteiger partial charge in [0, 0.05) is 18.8 Å². The average Bonchev–Trinajstić information content (AvgIpc) is 2.73. The third-order valence-corrected chi connectivity index (χ3v) is 6.53. The molecule has 0 unspecified atom stereocenters. The number of thioether (sulfide) groups is 1. The van der Waals surface area contributed by atoms with Crippen molar-refractivity contribution in [2.24, 2.45) is 5.92 Å². The van der Waals surface area contributed by atoms with Gasteiger partial charge in [-0.15, -0.1) is 11.8 Å². The van der Waals surface area contributed by atoms with Crippen LogP contribution in [0.2, 0.25) is 10.0 Å². The molecule has 0 radical (unpaired) electrons. The Labute approximate surface area is 199 Å². The van der Waals surface area contributed by atoms with Crippen LogP contribution in [0.3, 0.4) is 0 Å². The number of carbonyl (C=O) groups is 2. The molecular formula is C24H30Cl2N2O2S. The van der Waals surface area contributed by atoms with Crippen LogP contribution in [0.1, 0.15) is 37.5 Å². The van der Waals surface area contributed by atoms with Crippen molar-refractivity contribution >= 4 is 46.8 Å². The van der Waals surface area contributed by atoms with Gasteiger partial charge in [0.25, 0.3) is 0 Å². The number of nitrogens with zero attached hydrogens (tertiary/aromatic N) is 1. The zero-order valence-electron chi connectivity index (χ0n) is 18.5. The Hall–Kier alpha value is -1.69. The number of halogens is 2. The van der Waals surface area contributed by atoms with Crippen LogP contribution >= 0.6 is 35.0 Å². The second-order valence-corrected chi connectivity index (χ2v) is 9.86. The lowest BCUT2D eigenvalue weighted by Crippen LogP contribution is -2.48. The third-order valence-electron chi connectivity index (χ3n) is 4.80. The van der Waals surface area contributed by atoms with Crippen molar-refractivity contribution in [3.63, 3.8) is 0 Å². The number of carbonyl (C=O) groups excluding carboxylic acids is 2. The number of benzene rings is 2. The van der Waals surface area contributed by atoms with Crippen molar-refractivity contribution in [1.82, 2.24) is 10.2 Å². The molecule has 2 aromatic carbocycles. The minimum atomic E-state index is -0.597. The highest BCUT2D eigenvalue weighted by molar-refractivity contribution is 7.99. The topological polar surface area (TPSA) is 49.4 Å². The molecule has 0 heterocycles. The van der Waals surface area contributed by atoms with Crippen LogP contribution in [0, 0.1) is 12.8 Å². The van der Waals surface area contributed by atoms with Crippen molar-refractivity contribution in [2.75, 3.05) is 12.3 Å². The number of hydrogen-bond donors (Lipinski definition) is 1. The van der Waals surface area contributed by atoms with Crippen LogP contribution < -0.4 is 5.32 Å². The SMILES string of the molecule is Cc1ccc(CSCC(=O)N(Cc2ccc(Cl)c(Cl)c2)[C@@H](C)C(=O)NCC(C)C)cc1. The monoisotopic (exact) mass is 480 g/mol. The lowest BCUT2D eigenvalue weighted by molar-refractivity contribution is -0.138. The molecule has 0 aromatic heterocycles.